The molecule has 0 spiro atoms. The molecule has 0 saturated carbocycles. The first-order chi connectivity index (χ1) is 4.33. The lowest BCUT2D eigenvalue weighted by Crippen LogP contribution is -1.87. The molecule has 58 valence electrons. The molecule has 0 radical (unpaired) electrons. The molecule has 0 atom stereocenters. The lowest BCUT2D eigenvalue weighted by atomic mass is 10.8. The Hall–Kier alpha value is -0.0200. The minimum atomic E-state index is 0.333. The van der Waals surface area contributed by atoms with Gasteiger partial charge < -0.3 is 10.5 Å². The first-order valence-electron chi connectivity index (χ1n) is 3.08. The van der Waals surface area contributed by atoms with Gasteiger partial charge in [0, 0.05) is 5.75 Å². The molecule has 0 fully saturated rings. The molecule has 0 aliphatic heterocycles. The molecule has 2 N–H and O–H groups in total. The lowest BCUT2D eigenvalue weighted by molar-refractivity contribution is -0.105. The zero-order valence-corrected chi connectivity index (χ0v) is 7.32. The summed E-state index contributed by atoms with van der Waals surface area (Å²) in [6, 6.07) is 0. The third kappa shape index (κ3) is 297. The summed E-state index contributed by atoms with van der Waals surface area (Å²) >= 11 is 3.55. The van der Waals surface area contributed by atoms with Crippen LogP contribution in [-0.2, 0) is 4.79 Å². The summed E-state index contributed by atoms with van der Waals surface area (Å²) in [6.07, 6.45) is 0.739. The van der Waals surface area contributed by atoms with E-state index >= 15 is 0 Å². The first-order valence-corrected chi connectivity index (χ1v) is 3.71. The van der Waals surface area contributed by atoms with E-state index < -0.39 is 0 Å². The smallest absolute Gasteiger partial charge is 0.129 e. The number of carbonyl (C=O) groups is 1. The zero-order chi connectivity index (χ0) is 8.12. The minimum absolute atomic E-state index is 0.333. The van der Waals surface area contributed by atoms with Gasteiger partial charge in [-0.3, -0.25) is 0 Å². The van der Waals surface area contributed by atoms with Crippen molar-refractivity contribution in [1.29, 1.82) is 0 Å². The van der Waals surface area contributed by atoms with Crippen LogP contribution >= 0.6 is 12.6 Å². The van der Waals surface area contributed by atoms with E-state index in [4.69, 9.17) is 10.5 Å². The van der Waals surface area contributed by atoms with E-state index in [-0.39, 0.29) is 0 Å². The van der Waals surface area contributed by atoms with Crippen molar-refractivity contribution >= 4 is 18.9 Å². The van der Waals surface area contributed by atoms with Crippen LogP contribution in [0, 0.1) is 0 Å². The maximum atomic E-state index is 9.10. The third-order valence-corrected chi connectivity index (χ3v) is 0.224. The molecule has 0 heterocycles. The summed E-state index contributed by atoms with van der Waals surface area (Å²) in [7, 11) is 0. The fourth-order valence-electron chi connectivity index (χ4n) is 0. The topological polar surface area (TPSA) is 43.1 Å². The second-order valence-corrected chi connectivity index (χ2v) is 1.12. The predicted molar refractivity (Wildman–Crippen MR) is 46.0 cm³/mol. The Kier molecular flexibility index (Phi) is 77.8. The Morgan fingerprint density at radius 1 is 1.56 bits per heavy atom. The third-order valence-electron chi connectivity index (χ3n) is 0.0745. The molecular formula is C6H17NOS. The Morgan fingerprint density at radius 3 is 1.67 bits per heavy atom. The van der Waals surface area contributed by atoms with Gasteiger partial charge in [0.2, 0.25) is 0 Å². The van der Waals surface area contributed by atoms with Gasteiger partial charge in [-0.15, -0.1) is 0 Å². The monoisotopic (exact) mass is 151 g/mol. The average Bonchev–Trinajstić information content (AvgIpc) is 1.94. The molecule has 2 nitrogen and oxygen atoms in total. The number of hydrogen-bond acceptors (Lipinski definition) is 3. The molecule has 0 unspecified atom stereocenters. The highest BCUT2D eigenvalue weighted by Gasteiger charge is 1.53. The number of thiol groups is 1. The minimum Gasteiger partial charge on any atom is -0.331 e. The van der Waals surface area contributed by atoms with E-state index in [1.54, 1.807) is 0 Å². The summed E-state index contributed by atoms with van der Waals surface area (Å²) in [5.74, 6) is 0.333. The molecule has 3 heteroatoms. The van der Waals surface area contributed by atoms with Crippen LogP contribution in [0.3, 0.4) is 0 Å². The number of carbonyl (C=O) groups excluding carboxylic acids is 1. The second kappa shape index (κ2) is 43.8. The Balaban J connectivity index is -0.0000000646. The van der Waals surface area contributed by atoms with Crippen molar-refractivity contribution in [2.45, 2.75) is 20.8 Å². The normalized spacial score (nSPS) is 5.44. The molecule has 0 aromatic rings. The van der Waals surface area contributed by atoms with Crippen LogP contribution in [0.15, 0.2) is 0 Å². The van der Waals surface area contributed by atoms with Crippen LogP contribution in [0.1, 0.15) is 20.8 Å². The molecule has 0 rings (SSSR count). The van der Waals surface area contributed by atoms with Crippen molar-refractivity contribution in [3.05, 3.63) is 0 Å². The number of hydrogen-bond donors (Lipinski definition) is 2. The zero-order valence-electron chi connectivity index (χ0n) is 6.42. The van der Waals surface area contributed by atoms with E-state index in [0.717, 1.165) is 12.8 Å². The second-order valence-electron chi connectivity index (χ2n) is 0.757. The van der Waals surface area contributed by atoms with Crippen LogP contribution in [0.4, 0.5) is 0 Å². The van der Waals surface area contributed by atoms with Gasteiger partial charge in [0.15, 0.2) is 0 Å². The van der Waals surface area contributed by atoms with Gasteiger partial charge >= 0.3 is 0 Å². The molecule has 0 aliphatic rings. The summed E-state index contributed by atoms with van der Waals surface area (Å²) in [6.45, 7) is 6.65. The van der Waals surface area contributed by atoms with E-state index in [2.05, 4.69) is 12.6 Å². The van der Waals surface area contributed by atoms with Gasteiger partial charge in [0.05, 0.1) is 0 Å². The standard InChI is InChI=1S/C2H7N.C2H4OS.C2H6/c1-2-3;3-1-2-4;1-2/h2-3H2,1H3;1,4H,2H2;1-2H3. The van der Waals surface area contributed by atoms with Crippen LogP contribution in [-0.4, -0.2) is 18.6 Å². The number of rotatable bonds is 1. The van der Waals surface area contributed by atoms with Crippen molar-refractivity contribution in [1.82, 2.24) is 0 Å². The number of nitrogens with two attached hydrogens (primary N) is 1. The van der Waals surface area contributed by atoms with Gasteiger partial charge in [-0.25, -0.2) is 0 Å². The molecule has 0 saturated heterocycles. The van der Waals surface area contributed by atoms with Crippen molar-refractivity contribution in [2.24, 2.45) is 5.73 Å². The summed E-state index contributed by atoms with van der Waals surface area (Å²) in [4.78, 5) is 9.10. The molecule has 0 aromatic heterocycles. The van der Waals surface area contributed by atoms with Crippen molar-refractivity contribution in [3.8, 4) is 0 Å². The van der Waals surface area contributed by atoms with E-state index in [1.165, 1.54) is 0 Å². The van der Waals surface area contributed by atoms with Crippen LogP contribution in [0.2, 0.25) is 0 Å². The van der Waals surface area contributed by atoms with Gasteiger partial charge in [-0.05, 0) is 6.54 Å². The van der Waals surface area contributed by atoms with E-state index in [9.17, 15) is 0 Å². The quantitative estimate of drug-likeness (QED) is 0.435. The fraction of sp³-hybridized carbons (Fsp3) is 0.833. The predicted octanol–water partition coefficient (Wildman–Crippen LogP) is 1.11. The maximum Gasteiger partial charge on any atom is 0.129 e. The fourth-order valence-corrected chi connectivity index (χ4v) is 0. The first kappa shape index (κ1) is 16.0. The largest absolute Gasteiger partial charge is 0.331 e. The van der Waals surface area contributed by atoms with Gasteiger partial charge in [0.1, 0.15) is 6.29 Å². The number of aldehydes is 1. The molecular weight excluding hydrogens is 134 g/mol. The maximum absolute atomic E-state index is 9.10. The average molecular weight is 151 g/mol. The molecule has 0 bridgehead atoms. The summed E-state index contributed by atoms with van der Waals surface area (Å²) in [5, 5.41) is 0. The lowest BCUT2D eigenvalue weighted by Gasteiger charge is -1.53. The van der Waals surface area contributed by atoms with Crippen LogP contribution in [0.25, 0.3) is 0 Å². The Bertz CT molecular complexity index is 34.2. The van der Waals surface area contributed by atoms with Crippen molar-refractivity contribution in [3.63, 3.8) is 0 Å². The van der Waals surface area contributed by atoms with Crippen molar-refractivity contribution < 1.29 is 4.79 Å². The van der Waals surface area contributed by atoms with Gasteiger partial charge in [-0.1, -0.05) is 20.8 Å². The Labute approximate surface area is 63.2 Å². The molecule has 9 heavy (non-hydrogen) atoms. The molecule has 0 aromatic carbocycles. The molecule has 0 amide bonds. The Morgan fingerprint density at radius 2 is 1.67 bits per heavy atom. The van der Waals surface area contributed by atoms with E-state index in [1.807, 2.05) is 20.8 Å². The SMILES string of the molecule is CC.CCN.O=CCS. The van der Waals surface area contributed by atoms with Gasteiger partial charge in [0.25, 0.3) is 0 Å². The van der Waals surface area contributed by atoms with Gasteiger partial charge in [-0.2, -0.15) is 12.6 Å². The highest BCUT2D eigenvalue weighted by atomic mass is 32.1. The van der Waals surface area contributed by atoms with E-state index in [0.29, 0.717) is 5.75 Å². The summed E-state index contributed by atoms with van der Waals surface area (Å²) in [5.41, 5.74) is 4.85. The molecule has 0 aliphatic carbocycles. The van der Waals surface area contributed by atoms with Crippen LogP contribution < -0.4 is 5.73 Å². The van der Waals surface area contributed by atoms with Crippen LogP contribution in [0.5, 0.6) is 0 Å². The summed E-state index contributed by atoms with van der Waals surface area (Å²) < 4.78 is 0. The van der Waals surface area contributed by atoms with Crippen molar-refractivity contribution in [2.75, 3.05) is 12.3 Å². The highest BCUT2D eigenvalue weighted by Crippen LogP contribution is 1.55. The highest BCUT2D eigenvalue weighted by molar-refractivity contribution is 7.80.